The van der Waals surface area contributed by atoms with Crippen LogP contribution in [-0.4, -0.2) is 20.3 Å². The summed E-state index contributed by atoms with van der Waals surface area (Å²) in [6, 6.07) is 4.72. The molecule has 0 spiro atoms. The van der Waals surface area contributed by atoms with Gasteiger partial charge >= 0.3 is 20.3 Å². The van der Waals surface area contributed by atoms with E-state index in [9.17, 15) is 22.1 Å². The van der Waals surface area contributed by atoms with E-state index in [1.807, 2.05) is 0 Å². The topological polar surface area (TPSA) is 54.5 Å². The number of nitrogens with zero attached hydrogens (tertiary/aromatic N) is 2. The lowest BCUT2D eigenvalue weighted by atomic mass is 10.1. The Labute approximate surface area is 102 Å². The molecule has 4 nitrogen and oxygen atoms in total. The van der Waals surface area contributed by atoms with Crippen molar-refractivity contribution in [3.05, 3.63) is 34.3 Å². The summed E-state index contributed by atoms with van der Waals surface area (Å²) in [5.41, 5.74) is 1.63. The quantitative estimate of drug-likeness (QED) is 0.337. The molecule has 0 aliphatic carbocycles. The number of carbonyl (C=O) groups excluding carboxylic acids is 1. The molecule has 0 radical (unpaired) electrons. The summed E-state index contributed by atoms with van der Waals surface area (Å²) in [4.78, 5) is 14.1. The molecular formula is C9H10BF4N2O2+. The van der Waals surface area contributed by atoms with Gasteiger partial charge in [0.2, 0.25) is 5.39 Å². The summed E-state index contributed by atoms with van der Waals surface area (Å²) in [5.74, 6) is -0.396. The lowest BCUT2D eigenvalue weighted by molar-refractivity contribution is 0.0600. The van der Waals surface area contributed by atoms with E-state index in [2.05, 4.69) is 9.71 Å². The molecule has 0 aliphatic rings. The number of carbonyl (C=O) groups is 1. The van der Waals surface area contributed by atoms with Crippen LogP contribution in [0.15, 0.2) is 18.2 Å². The molecule has 0 aromatic heterocycles. The monoisotopic (exact) mass is 265 g/mol. The Morgan fingerprint density at radius 1 is 1.39 bits per heavy atom. The smallest absolute Gasteiger partial charge is 0.465 e. The second-order valence-electron chi connectivity index (χ2n) is 3.09. The molecular weight excluding hydrogens is 255 g/mol. The molecule has 1 aromatic carbocycles. The predicted octanol–water partition coefficient (Wildman–Crippen LogP) is 3.68. The number of hydrogen-bond donors (Lipinski definition) is 0. The third-order valence-electron chi connectivity index (χ3n) is 1.73. The van der Waals surface area contributed by atoms with Gasteiger partial charge in [0, 0.05) is 11.6 Å². The highest BCUT2D eigenvalue weighted by molar-refractivity contribution is 6.50. The van der Waals surface area contributed by atoms with Crippen LogP contribution in [0.4, 0.5) is 23.0 Å². The molecule has 0 N–H and O–H groups in total. The zero-order valence-electron chi connectivity index (χ0n) is 10.5. The van der Waals surface area contributed by atoms with Gasteiger partial charge in [-0.1, -0.05) is 0 Å². The Bertz CT molecular complexity index is 470. The Morgan fingerprint density at radius 2 is 1.89 bits per heavy atom. The van der Waals surface area contributed by atoms with E-state index in [1.165, 1.54) is 7.11 Å². The first-order valence-corrected chi connectivity index (χ1v) is 4.60. The summed E-state index contributed by atoms with van der Waals surface area (Å²) >= 11 is 0. The molecule has 0 unspecified atom stereocenters. The summed E-state index contributed by atoms with van der Waals surface area (Å²) in [6.07, 6.45) is 0. The number of ether oxygens (including phenoxy) is 1. The van der Waals surface area contributed by atoms with Crippen molar-refractivity contribution in [3.63, 3.8) is 0 Å². The van der Waals surface area contributed by atoms with E-state index in [1.54, 1.807) is 25.1 Å². The highest BCUT2D eigenvalue weighted by atomic mass is 19.5. The number of rotatable bonds is 1. The maximum Gasteiger partial charge on any atom is 1.00 e. The van der Waals surface area contributed by atoms with E-state index >= 15 is 0 Å². The standard InChI is InChI=1S/C9H9N2O2.BF4/c1-6-5-7(9(12)13-2)3-4-8(6)11-10;2-1(3,4)5/h3-5H,1-2H3;/q+1;-1/p+1. The lowest BCUT2D eigenvalue weighted by Gasteiger charge is -1.97. The molecule has 18 heavy (non-hydrogen) atoms. The van der Waals surface area contributed by atoms with Gasteiger partial charge in [0.05, 0.1) is 12.7 Å². The number of aryl methyl sites for hydroxylation is 1. The third kappa shape index (κ3) is 6.47. The van der Waals surface area contributed by atoms with E-state index < -0.39 is 13.2 Å². The minimum absolute atomic E-state index is 0. The minimum atomic E-state index is -6.00. The Morgan fingerprint density at radius 3 is 2.22 bits per heavy atom. The SMILES string of the molecule is COC(=O)c1ccc([N+]#N)c(C)c1.F[B-](F)(F)F.[H+]. The molecule has 1 aromatic rings. The van der Waals surface area contributed by atoms with E-state index in [-0.39, 0.29) is 1.43 Å². The zero-order chi connectivity index (χ0) is 14.3. The second-order valence-corrected chi connectivity index (χ2v) is 3.09. The number of halogens is 4. The number of esters is 1. The van der Waals surface area contributed by atoms with Crippen LogP contribution in [0.5, 0.6) is 0 Å². The third-order valence-corrected chi connectivity index (χ3v) is 1.73. The lowest BCUT2D eigenvalue weighted by Crippen LogP contribution is -2.02. The predicted molar refractivity (Wildman–Crippen MR) is 58.6 cm³/mol. The van der Waals surface area contributed by atoms with Crippen LogP contribution in [0.2, 0.25) is 0 Å². The van der Waals surface area contributed by atoms with E-state index in [4.69, 9.17) is 5.39 Å². The van der Waals surface area contributed by atoms with Gasteiger partial charge < -0.3 is 22.0 Å². The summed E-state index contributed by atoms with van der Waals surface area (Å²) in [7, 11) is -4.68. The van der Waals surface area contributed by atoms with Gasteiger partial charge in [-0.15, -0.1) is 0 Å². The molecule has 0 heterocycles. The number of benzene rings is 1. The highest BCUT2D eigenvalue weighted by Crippen LogP contribution is 2.19. The van der Waals surface area contributed by atoms with Crippen LogP contribution >= 0.6 is 0 Å². The maximum atomic E-state index is 11.0. The average Bonchev–Trinajstić information content (AvgIpc) is 2.25. The van der Waals surface area contributed by atoms with Crippen molar-refractivity contribution in [2.24, 2.45) is 0 Å². The van der Waals surface area contributed by atoms with Crippen molar-refractivity contribution < 1.29 is 28.2 Å². The molecule has 0 aliphatic heterocycles. The summed E-state index contributed by atoms with van der Waals surface area (Å²) in [5, 5.41) is 8.51. The van der Waals surface area contributed by atoms with Gasteiger partial charge in [0.1, 0.15) is 0 Å². The molecule has 98 valence electrons. The largest absolute Gasteiger partial charge is 1.00 e. The Kier molecular flexibility index (Phi) is 5.82. The fourth-order valence-corrected chi connectivity index (χ4v) is 1.01. The first-order chi connectivity index (χ1) is 8.19. The fourth-order valence-electron chi connectivity index (χ4n) is 1.01. The van der Waals surface area contributed by atoms with Crippen molar-refractivity contribution in [2.45, 2.75) is 6.92 Å². The minimum Gasteiger partial charge on any atom is -0.465 e. The molecule has 0 fully saturated rings. The first-order valence-electron chi connectivity index (χ1n) is 4.60. The summed E-state index contributed by atoms with van der Waals surface area (Å²) < 4.78 is 43.5. The van der Waals surface area contributed by atoms with Gasteiger partial charge in [-0.25, -0.2) is 4.79 Å². The molecule has 0 atom stereocenters. The molecule has 0 saturated heterocycles. The number of hydrogen-bond acceptors (Lipinski definition) is 3. The van der Waals surface area contributed by atoms with Crippen LogP contribution in [-0.2, 0) is 4.74 Å². The van der Waals surface area contributed by atoms with E-state index in [0.29, 0.717) is 11.3 Å². The normalized spacial score (nSPS) is 9.83. The molecule has 9 heteroatoms. The second kappa shape index (κ2) is 6.59. The molecule has 1 rings (SSSR count). The Hall–Kier alpha value is -2.11. The number of methoxy groups -OCH3 is 1. The van der Waals surface area contributed by atoms with Crippen LogP contribution < -0.4 is 0 Å². The first kappa shape index (κ1) is 15.9. The van der Waals surface area contributed by atoms with E-state index in [0.717, 1.165) is 5.56 Å². The Balaban J connectivity index is 0. The average molecular weight is 265 g/mol. The van der Waals surface area contributed by atoms with Crippen molar-refractivity contribution in [2.75, 3.05) is 7.11 Å². The maximum absolute atomic E-state index is 11.0. The highest BCUT2D eigenvalue weighted by Gasteiger charge is 2.20. The number of diazo groups is 1. The fraction of sp³-hybridized carbons (Fsp3) is 0.222. The van der Waals surface area contributed by atoms with Crippen LogP contribution in [0.3, 0.4) is 0 Å². The van der Waals surface area contributed by atoms with Crippen molar-refractivity contribution in [3.8, 4) is 0 Å². The molecule has 0 saturated carbocycles. The molecule has 0 bridgehead atoms. The van der Waals surface area contributed by atoms with Crippen LogP contribution in [0.1, 0.15) is 17.3 Å². The van der Waals surface area contributed by atoms with Crippen LogP contribution in [0, 0.1) is 12.3 Å². The van der Waals surface area contributed by atoms with Crippen molar-refractivity contribution in [1.82, 2.24) is 0 Å². The van der Waals surface area contributed by atoms with Gasteiger partial charge in [0.15, 0.2) is 4.98 Å². The summed E-state index contributed by atoms with van der Waals surface area (Å²) in [6.45, 7) is 1.75. The van der Waals surface area contributed by atoms with Gasteiger partial charge in [-0.3, -0.25) is 0 Å². The van der Waals surface area contributed by atoms with Gasteiger partial charge in [0.25, 0.3) is 0 Å². The van der Waals surface area contributed by atoms with Crippen molar-refractivity contribution >= 4 is 18.9 Å². The van der Waals surface area contributed by atoms with Gasteiger partial charge in [-0.05, 0) is 19.1 Å². The van der Waals surface area contributed by atoms with Gasteiger partial charge in [-0.2, -0.15) is 0 Å². The van der Waals surface area contributed by atoms with Crippen molar-refractivity contribution in [1.29, 1.82) is 5.39 Å². The van der Waals surface area contributed by atoms with Crippen LogP contribution in [0.25, 0.3) is 4.98 Å². The molecule has 0 amide bonds. The zero-order valence-corrected chi connectivity index (χ0v) is 9.53.